The van der Waals surface area contributed by atoms with E-state index in [9.17, 15) is 14.0 Å². The Bertz CT molecular complexity index is 1150. The van der Waals surface area contributed by atoms with E-state index in [0.717, 1.165) is 0 Å². The first-order valence-electron chi connectivity index (χ1n) is 7.20. The van der Waals surface area contributed by atoms with Crippen LogP contribution >= 0.6 is 0 Å². The van der Waals surface area contributed by atoms with Gasteiger partial charge in [-0.1, -0.05) is 24.3 Å². The van der Waals surface area contributed by atoms with Crippen LogP contribution in [0.2, 0.25) is 0 Å². The van der Waals surface area contributed by atoms with Gasteiger partial charge < -0.3 is 10.3 Å². The fourth-order valence-corrected chi connectivity index (χ4v) is 2.59. The summed E-state index contributed by atoms with van der Waals surface area (Å²) in [5, 5.41) is 7.11. The number of nitrogens with zero attached hydrogens (tertiary/aromatic N) is 2. The molecule has 0 atom stereocenters. The van der Waals surface area contributed by atoms with Gasteiger partial charge in [0.05, 0.1) is 22.8 Å². The standard InChI is InChI=1S/C17H11FN4O2/c18-12-6-2-3-7-13(12)20-17(24)11-9-19-22-14-8-4-1-5-10(14)16(23)21-15(11)22/h1-9H,(H,20,24)(H,21,23). The highest BCUT2D eigenvalue weighted by atomic mass is 19.1. The molecule has 0 bridgehead atoms. The summed E-state index contributed by atoms with van der Waals surface area (Å²) in [4.78, 5) is 27.3. The van der Waals surface area contributed by atoms with Gasteiger partial charge in [-0.05, 0) is 24.3 Å². The van der Waals surface area contributed by atoms with Gasteiger partial charge in [-0.3, -0.25) is 9.59 Å². The molecule has 1 amide bonds. The normalized spacial score (nSPS) is 11.0. The Morgan fingerprint density at radius 1 is 1.12 bits per heavy atom. The molecular formula is C17H11FN4O2. The predicted octanol–water partition coefficient (Wildman–Crippen LogP) is 2.57. The first-order chi connectivity index (χ1) is 11.6. The summed E-state index contributed by atoms with van der Waals surface area (Å²) in [5.41, 5.74) is 0.735. The van der Waals surface area contributed by atoms with Crippen molar-refractivity contribution in [3.05, 3.63) is 76.5 Å². The summed E-state index contributed by atoms with van der Waals surface area (Å²) in [7, 11) is 0. The van der Waals surface area contributed by atoms with E-state index in [0.29, 0.717) is 10.9 Å². The lowest BCUT2D eigenvalue weighted by Crippen LogP contribution is -2.15. The number of hydrogen-bond donors (Lipinski definition) is 2. The molecule has 2 aromatic heterocycles. The number of rotatable bonds is 2. The molecule has 6 nitrogen and oxygen atoms in total. The molecule has 2 aromatic carbocycles. The third-order valence-corrected chi connectivity index (χ3v) is 3.74. The minimum atomic E-state index is -0.555. The molecular weight excluding hydrogens is 311 g/mol. The van der Waals surface area contributed by atoms with Gasteiger partial charge in [-0.15, -0.1) is 0 Å². The Kier molecular flexibility index (Phi) is 3.13. The summed E-state index contributed by atoms with van der Waals surface area (Å²) < 4.78 is 15.2. The topological polar surface area (TPSA) is 79.3 Å². The molecule has 2 heterocycles. The zero-order valence-corrected chi connectivity index (χ0v) is 12.3. The number of aromatic amines is 1. The number of nitrogens with one attached hydrogen (secondary N) is 2. The Hall–Kier alpha value is -3.48. The van der Waals surface area contributed by atoms with Gasteiger partial charge in [0, 0.05) is 0 Å². The Labute approximate surface area is 134 Å². The highest BCUT2D eigenvalue weighted by Gasteiger charge is 2.17. The van der Waals surface area contributed by atoms with Crippen molar-refractivity contribution in [2.75, 3.05) is 5.32 Å². The van der Waals surface area contributed by atoms with Gasteiger partial charge in [0.1, 0.15) is 17.0 Å². The average molecular weight is 322 g/mol. The summed E-state index contributed by atoms with van der Waals surface area (Å²) in [5.74, 6) is -1.10. The lowest BCUT2D eigenvalue weighted by Gasteiger charge is -2.05. The molecule has 7 heteroatoms. The third kappa shape index (κ3) is 2.14. The predicted molar refractivity (Wildman–Crippen MR) is 87.7 cm³/mol. The van der Waals surface area contributed by atoms with Crippen LogP contribution in [0.3, 0.4) is 0 Å². The minimum Gasteiger partial charge on any atom is -0.319 e. The molecule has 0 aliphatic rings. The lowest BCUT2D eigenvalue weighted by molar-refractivity contribution is 0.102. The van der Waals surface area contributed by atoms with Gasteiger partial charge >= 0.3 is 0 Å². The number of carbonyl (C=O) groups is 1. The van der Waals surface area contributed by atoms with Crippen LogP contribution in [-0.4, -0.2) is 20.5 Å². The molecule has 0 spiro atoms. The number of para-hydroxylation sites is 2. The molecule has 24 heavy (non-hydrogen) atoms. The number of aromatic nitrogens is 3. The number of halogens is 1. The minimum absolute atomic E-state index is 0.0602. The Morgan fingerprint density at radius 2 is 1.88 bits per heavy atom. The quantitative estimate of drug-likeness (QED) is 0.595. The Balaban J connectivity index is 1.84. The van der Waals surface area contributed by atoms with Crippen LogP contribution in [0.5, 0.6) is 0 Å². The van der Waals surface area contributed by atoms with Crippen molar-refractivity contribution in [2.24, 2.45) is 0 Å². The number of hydrogen-bond acceptors (Lipinski definition) is 3. The van der Waals surface area contributed by atoms with Crippen LogP contribution in [-0.2, 0) is 0 Å². The number of carbonyl (C=O) groups excluding carboxylic acids is 1. The van der Waals surface area contributed by atoms with Crippen LogP contribution in [0.25, 0.3) is 16.6 Å². The van der Waals surface area contributed by atoms with E-state index in [1.54, 1.807) is 30.3 Å². The molecule has 4 rings (SSSR count). The van der Waals surface area contributed by atoms with Crippen LogP contribution in [0.1, 0.15) is 10.4 Å². The maximum Gasteiger partial charge on any atom is 0.261 e. The number of amides is 1. The first-order valence-corrected chi connectivity index (χ1v) is 7.20. The molecule has 0 saturated carbocycles. The number of benzene rings is 2. The molecule has 0 unspecified atom stereocenters. The second kappa shape index (κ2) is 5.31. The molecule has 0 saturated heterocycles. The van der Waals surface area contributed by atoms with Crippen molar-refractivity contribution in [2.45, 2.75) is 0 Å². The van der Waals surface area contributed by atoms with E-state index in [1.165, 1.54) is 28.9 Å². The van der Waals surface area contributed by atoms with E-state index >= 15 is 0 Å². The van der Waals surface area contributed by atoms with E-state index in [-0.39, 0.29) is 22.5 Å². The largest absolute Gasteiger partial charge is 0.319 e. The highest BCUT2D eigenvalue weighted by Crippen LogP contribution is 2.17. The van der Waals surface area contributed by atoms with Gasteiger partial charge in [0.2, 0.25) is 0 Å². The zero-order chi connectivity index (χ0) is 16.7. The second-order valence-corrected chi connectivity index (χ2v) is 5.22. The fraction of sp³-hybridized carbons (Fsp3) is 0. The van der Waals surface area contributed by atoms with E-state index in [2.05, 4.69) is 15.4 Å². The molecule has 0 fully saturated rings. The number of anilines is 1. The molecule has 4 aromatic rings. The van der Waals surface area contributed by atoms with E-state index < -0.39 is 11.7 Å². The van der Waals surface area contributed by atoms with Crippen LogP contribution in [0, 0.1) is 5.82 Å². The summed E-state index contributed by atoms with van der Waals surface area (Å²) in [6.07, 6.45) is 1.34. The molecule has 2 N–H and O–H groups in total. The molecule has 118 valence electrons. The summed E-state index contributed by atoms with van der Waals surface area (Å²) in [6, 6.07) is 12.8. The van der Waals surface area contributed by atoms with Crippen molar-refractivity contribution in [1.82, 2.24) is 14.6 Å². The second-order valence-electron chi connectivity index (χ2n) is 5.22. The van der Waals surface area contributed by atoms with E-state index in [1.807, 2.05) is 0 Å². The highest BCUT2D eigenvalue weighted by molar-refractivity contribution is 6.08. The summed E-state index contributed by atoms with van der Waals surface area (Å²) >= 11 is 0. The molecule has 0 radical (unpaired) electrons. The SMILES string of the molecule is O=C(Nc1ccccc1F)c1cnn2c1[nH]c(=O)c1ccccc12. The monoisotopic (exact) mass is 322 g/mol. The van der Waals surface area contributed by atoms with Gasteiger partial charge in [0.15, 0.2) is 0 Å². The third-order valence-electron chi connectivity index (χ3n) is 3.74. The zero-order valence-electron chi connectivity index (χ0n) is 12.3. The number of H-pyrrole nitrogens is 1. The van der Waals surface area contributed by atoms with Crippen molar-refractivity contribution in [3.8, 4) is 0 Å². The van der Waals surface area contributed by atoms with Crippen molar-refractivity contribution in [1.29, 1.82) is 0 Å². The molecule has 0 aliphatic heterocycles. The maximum atomic E-state index is 13.7. The van der Waals surface area contributed by atoms with Crippen LogP contribution < -0.4 is 10.9 Å². The van der Waals surface area contributed by atoms with Crippen LogP contribution in [0.4, 0.5) is 10.1 Å². The fourth-order valence-electron chi connectivity index (χ4n) is 2.59. The molecule has 0 aliphatic carbocycles. The van der Waals surface area contributed by atoms with Crippen molar-refractivity contribution in [3.63, 3.8) is 0 Å². The van der Waals surface area contributed by atoms with E-state index in [4.69, 9.17) is 0 Å². The number of fused-ring (bicyclic) bond motifs is 3. The lowest BCUT2D eigenvalue weighted by atomic mass is 10.2. The van der Waals surface area contributed by atoms with Gasteiger partial charge in [-0.2, -0.15) is 5.10 Å². The van der Waals surface area contributed by atoms with Gasteiger partial charge in [-0.25, -0.2) is 8.91 Å². The average Bonchev–Trinajstić information content (AvgIpc) is 3.01. The Morgan fingerprint density at radius 3 is 2.71 bits per heavy atom. The smallest absolute Gasteiger partial charge is 0.261 e. The van der Waals surface area contributed by atoms with Crippen LogP contribution in [0.15, 0.2) is 59.5 Å². The maximum absolute atomic E-state index is 13.7. The van der Waals surface area contributed by atoms with Crippen molar-refractivity contribution >= 4 is 28.1 Å². The first kappa shape index (κ1) is 14.1. The van der Waals surface area contributed by atoms with Gasteiger partial charge in [0.25, 0.3) is 11.5 Å². The van der Waals surface area contributed by atoms with Crippen molar-refractivity contribution < 1.29 is 9.18 Å². The summed E-state index contributed by atoms with van der Waals surface area (Å²) in [6.45, 7) is 0.